The van der Waals surface area contributed by atoms with Crippen LogP contribution in [0.25, 0.3) is 0 Å². The molecule has 5 nitrogen and oxygen atoms in total. The first-order valence-corrected chi connectivity index (χ1v) is 7.40. The maximum Gasteiger partial charge on any atom is 0.222 e. The van der Waals surface area contributed by atoms with Gasteiger partial charge < -0.3 is 20.1 Å². The van der Waals surface area contributed by atoms with E-state index in [4.69, 9.17) is 15.2 Å². The van der Waals surface area contributed by atoms with Gasteiger partial charge in [0.25, 0.3) is 0 Å². The van der Waals surface area contributed by atoms with Crippen LogP contribution < -0.4 is 15.2 Å². The van der Waals surface area contributed by atoms with E-state index in [1.807, 2.05) is 38.1 Å². The third-order valence-corrected chi connectivity index (χ3v) is 3.34. The Morgan fingerprint density at radius 2 is 1.90 bits per heavy atom. The summed E-state index contributed by atoms with van der Waals surface area (Å²) in [5, 5.41) is 0. The van der Waals surface area contributed by atoms with Gasteiger partial charge in [-0.15, -0.1) is 0 Å². The van der Waals surface area contributed by atoms with Crippen LogP contribution in [0.2, 0.25) is 0 Å². The lowest BCUT2D eigenvalue weighted by Gasteiger charge is -2.23. The van der Waals surface area contributed by atoms with Crippen molar-refractivity contribution in [1.29, 1.82) is 0 Å². The summed E-state index contributed by atoms with van der Waals surface area (Å²) in [7, 11) is 1.78. The van der Waals surface area contributed by atoms with Crippen molar-refractivity contribution >= 4 is 5.91 Å². The number of likely N-dealkylation sites (N-methyl/N-ethyl adjacent to an activating group) is 1. The van der Waals surface area contributed by atoms with Crippen molar-refractivity contribution in [3.63, 3.8) is 0 Å². The van der Waals surface area contributed by atoms with Gasteiger partial charge in [-0.05, 0) is 32.4 Å². The van der Waals surface area contributed by atoms with Crippen LogP contribution in [0.1, 0.15) is 26.7 Å². The molecule has 0 heterocycles. The first-order chi connectivity index (χ1) is 10.1. The van der Waals surface area contributed by atoms with Crippen molar-refractivity contribution < 1.29 is 14.3 Å². The second-order valence-electron chi connectivity index (χ2n) is 4.92. The van der Waals surface area contributed by atoms with Crippen LogP contribution in [0.5, 0.6) is 11.5 Å². The molecule has 0 saturated heterocycles. The number of rotatable bonds is 9. The number of para-hydroxylation sites is 2. The summed E-state index contributed by atoms with van der Waals surface area (Å²) in [5.41, 5.74) is 5.55. The monoisotopic (exact) mass is 294 g/mol. The zero-order valence-electron chi connectivity index (χ0n) is 13.2. The Labute approximate surface area is 127 Å². The summed E-state index contributed by atoms with van der Waals surface area (Å²) in [6.45, 7) is 5.43. The molecule has 0 radical (unpaired) electrons. The quantitative estimate of drug-likeness (QED) is 0.708. The largest absolute Gasteiger partial charge is 0.490 e. The van der Waals surface area contributed by atoms with Gasteiger partial charge in [-0.3, -0.25) is 4.79 Å². The molecular formula is C16H26N2O3. The molecule has 1 aromatic rings. The fraction of sp³-hybridized carbons (Fsp3) is 0.562. The highest BCUT2D eigenvalue weighted by molar-refractivity contribution is 5.76. The molecule has 0 bridgehead atoms. The molecular weight excluding hydrogens is 268 g/mol. The number of ether oxygens (including phenoxy) is 2. The minimum Gasteiger partial charge on any atom is -0.490 e. The molecule has 0 saturated carbocycles. The number of hydrogen-bond donors (Lipinski definition) is 1. The van der Waals surface area contributed by atoms with Gasteiger partial charge in [0.05, 0.1) is 13.2 Å². The smallest absolute Gasteiger partial charge is 0.222 e. The normalized spacial score (nSPS) is 11.8. The zero-order chi connectivity index (χ0) is 15.7. The van der Waals surface area contributed by atoms with E-state index in [0.29, 0.717) is 32.6 Å². The van der Waals surface area contributed by atoms with Gasteiger partial charge in [0.15, 0.2) is 11.5 Å². The molecule has 118 valence electrons. The predicted octanol–water partition coefficient (Wildman–Crippen LogP) is 2.05. The second-order valence-corrected chi connectivity index (χ2v) is 4.92. The molecule has 5 heteroatoms. The summed E-state index contributed by atoms with van der Waals surface area (Å²) >= 11 is 0. The van der Waals surface area contributed by atoms with E-state index in [9.17, 15) is 4.79 Å². The molecule has 1 unspecified atom stereocenters. The van der Waals surface area contributed by atoms with Gasteiger partial charge in [0.2, 0.25) is 5.91 Å². The minimum atomic E-state index is 0.0668. The molecule has 0 aliphatic carbocycles. The summed E-state index contributed by atoms with van der Waals surface area (Å²) in [4.78, 5) is 13.6. The SMILES string of the molecule is CCOc1ccccc1OCCCC(=O)N(C)C(C)CN. The van der Waals surface area contributed by atoms with Gasteiger partial charge in [0.1, 0.15) is 0 Å². The highest BCUT2D eigenvalue weighted by Crippen LogP contribution is 2.26. The van der Waals surface area contributed by atoms with Crippen molar-refractivity contribution in [2.45, 2.75) is 32.7 Å². The molecule has 0 spiro atoms. The van der Waals surface area contributed by atoms with Crippen LogP contribution in [-0.4, -0.2) is 43.7 Å². The Balaban J connectivity index is 2.36. The van der Waals surface area contributed by atoms with Crippen molar-refractivity contribution in [1.82, 2.24) is 4.90 Å². The van der Waals surface area contributed by atoms with E-state index >= 15 is 0 Å². The van der Waals surface area contributed by atoms with Crippen LogP contribution in [-0.2, 0) is 4.79 Å². The lowest BCUT2D eigenvalue weighted by atomic mass is 10.2. The number of carbonyl (C=O) groups excluding carboxylic acids is 1. The lowest BCUT2D eigenvalue weighted by molar-refractivity contribution is -0.131. The molecule has 1 atom stereocenters. The van der Waals surface area contributed by atoms with Crippen molar-refractivity contribution in [3.8, 4) is 11.5 Å². The number of nitrogens with two attached hydrogens (primary N) is 1. The Morgan fingerprint density at radius 3 is 2.48 bits per heavy atom. The van der Waals surface area contributed by atoms with Crippen LogP contribution >= 0.6 is 0 Å². The average Bonchev–Trinajstić information content (AvgIpc) is 2.51. The standard InChI is InChI=1S/C16H26N2O3/c1-4-20-14-8-5-6-9-15(14)21-11-7-10-16(19)18(3)13(2)12-17/h5-6,8-9,13H,4,7,10-12,17H2,1-3H3. The van der Waals surface area contributed by atoms with Gasteiger partial charge in [-0.1, -0.05) is 12.1 Å². The molecule has 0 aliphatic heterocycles. The first kappa shape index (κ1) is 17.3. The number of amides is 1. The van der Waals surface area contributed by atoms with E-state index < -0.39 is 0 Å². The average molecular weight is 294 g/mol. The third-order valence-electron chi connectivity index (χ3n) is 3.34. The number of benzene rings is 1. The van der Waals surface area contributed by atoms with E-state index in [0.717, 1.165) is 11.5 Å². The zero-order valence-corrected chi connectivity index (χ0v) is 13.2. The molecule has 21 heavy (non-hydrogen) atoms. The van der Waals surface area contributed by atoms with E-state index in [1.54, 1.807) is 11.9 Å². The van der Waals surface area contributed by atoms with Crippen LogP contribution in [0.3, 0.4) is 0 Å². The highest BCUT2D eigenvalue weighted by atomic mass is 16.5. The van der Waals surface area contributed by atoms with Crippen LogP contribution in [0.15, 0.2) is 24.3 Å². The summed E-state index contributed by atoms with van der Waals surface area (Å²) < 4.78 is 11.2. The first-order valence-electron chi connectivity index (χ1n) is 7.40. The lowest BCUT2D eigenvalue weighted by Crippen LogP contribution is -2.39. The van der Waals surface area contributed by atoms with Gasteiger partial charge in [-0.2, -0.15) is 0 Å². The Hall–Kier alpha value is -1.75. The summed E-state index contributed by atoms with van der Waals surface area (Å²) in [6.07, 6.45) is 1.12. The minimum absolute atomic E-state index is 0.0668. The molecule has 1 rings (SSSR count). The second kappa shape index (κ2) is 9.23. The summed E-state index contributed by atoms with van der Waals surface area (Å²) in [5.74, 6) is 1.55. The van der Waals surface area contributed by atoms with Crippen LogP contribution in [0, 0.1) is 0 Å². The fourth-order valence-electron chi connectivity index (χ4n) is 1.83. The van der Waals surface area contributed by atoms with Crippen LogP contribution in [0.4, 0.5) is 0 Å². The van der Waals surface area contributed by atoms with Gasteiger partial charge >= 0.3 is 0 Å². The Morgan fingerprint density at radius 1 is 1.29 bits per heavy atom. The number of carbonyl (C=O) groups is 1. The van der Waals surface area contributed by atoms with E-state index in [-0.39, 0.29) is 11.9 Å². The van der Waals surface area contributed by atoms with E-state index in [2.05, 4.69) is 0 Å². The number of nitrogens with zero attached hydrogens (tertiary/aromatic N) is 1. The molecule has 0 fully saturated rings. The molecule has 2 N–H and O–H groups in total. The van der Waals surface area contributed by atoms with Crippen molar-refractivity contribution in [2.24, 2.45) is 5.73 Å². The maximum absolute atomic E-state index is 11.9. The number of hydrogen-bond acceptors (Lipinski definition) is 4. The predicted molar refractivity (Wildman–Crippen MR) is 83.6 cm³/mol. The van der Waals surface area contributed by atoms with Gasteiger partial charge in [-0.25, -0.2) is 0 Å². The van der Waals surface area contributed by atoms with Crippen molar-refractivity contribution in [3.05, 3.63) is 24.3 Å². The van der Waals surface area contributed by atoms with E-state index in [1.165, 1.54) is 0 Å². The molecule has 1 aromatic carbocycles. The van der Waals surface area contributed by atoms with Crippen molar-refractivity contribution in [2.75, 3.05) is 26.8 Å². The molecule has 0 aliphatic rings. The Kier molecular flexibility index (Phi) is 7.61. The summed E-state index contributed by atoms with van der Waals surface area (Å²) in [6, 6.07) is 7.62. The fourth-order valence-corrected chi connectivity index (χ4v) is 1.83. The van der Waals surface area contributed by atoms with Gasteiger partial charge in [0, 0.05) is 26.1 Å². The maximum atomic E-state index is 11.9. The Bertz CT molecular complexity index is 437. The molecule has 1 amide bonds. The third kappa shape index (κ3) is 5.63. The highest BCUT2D eigenvalue weighted by Gasteiger charge is 2.13. The topological polar surface area (TPSA) is 64.8 Å². The molecule has 0 aromatic heterocycles.